The molecule has 0 radical (unpaired) electrons. The third-order valence-corrected chi connectivity index (χ3v) is 23.6. The Hall–Kier alpha value is -14.5. The molecule has 3 fully saturated rings. The van der Waals surface area contributed by atoms with Crippen LogP contribution in [0.15, 0.2) is 219 Å². The van der Waals surface area contributed by atoms with E-state index >= 15 is 0 Å². The lowest BCUT2D eigenvalue weighted by molar-refractivity contribution is -0.139. The number of alkyl halides is 12. The number of hydrogen-bond acceptors (Lipinski definition) is 20. The van der Waals surface area contributed by atoms with Gasteiger partial charge in [0.1, 0.15) is 25.3 Å². The number of piperazine rings is 1. The Labute approximate surface area is 804 Å². The summed E-state index contributed by atoms with van der Waals surface area (Å²) in [7, 11) is 5.98. The van der Waals surface area contributed by atoms with E-state index in [0.29, 0.717) is 78.7 Å². The highest BCUT2D eigenvalue weighted by Crippen LogP contribution is 2.40. The van der Waals surface area contributed by atoms with Crippen LogP contribution in [0, 0.1) is 74.1 Å². The number of halogens is 12. The van der Waals surface area contributed by atoms with Gasteiger partial charge in [-0.1, -0.05) is 134 Å². The minimum absolute atomic E-state index is 0.0451. The molecule has 0 saturated carbocycles. The summed E-state index contributed by atoms with van der Waals surface area (Å²) in [6.45, 7) is 16.1. The second kappa shape index (κ2) is 48.2. The summed E-state index contributed by atoms with van der Waals surface area (Å²) >= 11 is 0. The minimum atomic E-state index is -4.63. The van der Waals surface area contributed by atoms with Crippen LogP contribution in [0.5, 0.6) is 0 Å². The fourth-order valence-electron chi connectivity index (χ4n) is 15.6. The summed E-state index contributed by atoms with van der Waals surface area (Å²) < 4.78 is 171. The van der Waals surface area contributed by atoms with Gasteiger partial charge in [0.05, 0.1) is 51.1 Å². The number of hydrogen-bond donors (Lipinski definition) is 1. The van der Waals surface area contributed by atoms with E-state index < -0.39 is 52.7 Å². The van der Waals surface area contributed by atoms with Crippen molar-refractivity contribution in [2.24, 2.45) is 5.92 Å². The lowest BCUT2D eigenvalue weighted by Crippen LogP contribution is -2.44. The highest BCUT2D eigenvalue weighted by molar-refractivity contribution is 6.00. The van der Waals surface area contributed by atoms with E-state index in [1.54, 1.807) is 135 Å². The minimum Gasteiger partial charge on any atom is -0.445 e. The Morgan fingerprint density at radius 2 is 0.750 bits per heavy atom. The lowest BCUT2D eigenvalue weighted by Gasteiger charge is -2.33. The molecule has 0 unspecified atom stereocenters. The molecule has 140 heavy (non-hydrogen) atoms. The molecule has 5 aromatic heterocycles. The number of aryl methyl sites for hydroxylation is 3. The first kappa shape index (κ1) is 104. The Morgan fingerprint density at radius 1 is 0.400 bits per heavy atom. The number of nitrogens with one attached hydrogen (secondary N) is 1. The molecule has 0 bridgehead atoms. The number of Topliss-reactive ketones (excluding diaryl/α,β-unsaturated/α-hetero) is 5. The molecule has 32 heteroatoms. The Bertz CT molecular complexity index is 6660. The van der Waals surface area contributed by atoms with Crippen LogP contribution in [0.1, 0.15) is 197 Å². The fourth-order valence-corrected chi connectivity index (χ4v) is 15.6. The predicted molar refractivity (Wildman–Crippen MR) is 505 cm³/mol. The van der Waals surface area contributed by atoms with E-state index in [0.717, 1.165) is 106 Å². The van der Waals surface area contributed by atoms with Crippen molar-refractivity contribution < 1.29 is 81.1 Å². The number of nitrogens with zero attached hydrogens (tertiary/aromatic N) is 13. The average Bonchev–Trinajstić information content (AvgIpc) is 1.29. The smallest absolute Gasteiger partial charge is 0.418 e. The molecule has 0 amide bonds. The molecule has 15 rings (SSSR count). The molecule has 2 atom stereocenters. The number of likely N-dealkylation sites (N-methyl/N-ethyl adjacent to an activating group) is 2. The molecular formula is C108H100F12N14O6. The molecule has 1 N–H and O–H groups in total. The van der Waals surface area contributed by atoms with E-state index in [1.807, 2.05) is 46.8 Å². The zero-order valence-corrected chi connectivity index (χ0v) is 78.1. The number of benzene rings is 7. The number of likely N-dealkylation sites (tertiary alicyclic amines) is 2. The second-order valence-corrected chi connectivity index (χ2v) is 34.6. The van der Waals surface area contributed by atoms with Crippen molar-refractivity contribution in [2.75, 3.05) is 85.4 Å². The zero-order valence-electron chi connectivity index (χ0n) is 78.1. The highest BCUT2D eigenvalue weighted by Gasteiger charge is 2.39. The lowest BCUT2D eigenvalue weighted by atomic mass is 9.96. The van der Waals surface area contributed by atoms with Gasteiger partial charge in [0.2, 0.25) is 5.78 Å². The van der Waals surface area contributed by atoms with Gasteiger partial charge in [-0.2, -0.15) is 52.7 Å². The highest BCUT2D eigenvalue weighted by atomic mass is 19.4. The normalized spacial score (nSPS) is 14.6. The summed E-state index contributed by atoms with van der Waals surface area (Å²) in [6.07, 6.45) is 1.59. The van der Waals surface area contributed by atoms with Crippen LogP contribution in [-0.2, 0) is 74.8 Å². The number of carbonyl (C=O) groups is 5. The molecule has 722 valence electrons. The predicted octanol–water partition coefficient (Wildman–Crippen LogP) is 18.9. The fraction of sp³-hybridized carbons (Fsp3) is 0.306. The van der Waals surface area contributed by atoms with Crippen LogP contribution < -0.4 is 5.32 Å². The van der Waals surface area contributed by atoms with Gasteiger partial charge in [-0.3, -0.25) is 38.7 Å². The molecule has 0 aliphatic carbocycles. The van der Waals surface area contributed by atoms with Gasteiger partial charge in [-0.05, 0) is 189 Å². The maximum Gasteiger partial charge on any atom is 0.418 e. The van der Waals surface area contributed by atoms with Crippen molar-refractivity contribution in [1.82, 2.24) is 64.4 Å². The number of aromatic nitrogens is 8. The van der Waals surface area contributed by atoms with Crippen molar-refractivity contribution in [1.29, 1.82) is 0 Å². The summed E-state index contributed by atoms with van der Waals surface area (Å²) in [5.41, 5.74) is 7.02. The number of ketones is 5. The molecule has 20 nitrogen and oxygen atoms in total. The molecule has 3 aliphatic rings. The van der Waals surface area contributed by atoms with Crippen LogP contribution in [0.3, 0.4) is 0 Å². The number of carbonyl (C=O) groups excluding carboxylic acids is 5. The molecule has 0 spiro atoms. The zero-order chi connectivity index (χ0) is 100. The first-order valence-corrected chi connectivity index (χ1v) is 44.9. The quantitative estimate of drug-likeness (QED) is 0.0356. The van der Waals surface area contributed by atoms with Gasteiger partial charge >= 0.3 is 24.7 Å². The van der Waals surface area contributed by atoms with Crippen LogP contribution in [0.25, 0.3) is 0 Å². The Balaban J connectivity index is 0.000000167. The first-order chi connectivity index (χ1) is 66.7. The monoisotopic (exact) mass is 1920 g/mol. The van der Waals surface area contributed by atoms with Crippen LogP contribution in [0.4, 0.5) is 58.4 Å². The molecular weight excluding hydrogens is 1820 g/mol. The second-order valence-electron chi connectivity index (χ2n) is 34.6. The molecule has 3 saturated heterocycles. The third-order valence-electron chi connectivity index (χ3n) is 23.6. The van der Waals surface area contributed by atoms with E-state index in [2.05, 4.69) is 119 Å². The van der Waals surface area contributed by atoms with Gasteiger partial charge in [0, 0.05) is 192 Å². The standard InChI is InChI=1S/C29H29F3N4O.C28H26F3N3O.C26H22F3N3O2.C25H23F3N4O2/c1-20-4-7-24(14-23(20)8-6-22-15-33-19-34-16-22)28(37)13-21-5-9-25(27(12-21)29(30,31)32)17-36-11-10-26(18-36)35(2)3;1-19-9-10-34(16-19)17-25-8-4-21(11-26(25)28(29,30)31)12-27(35)24-6-3-20(2)23(13-24)7-5-22-14-32-18-33-15-22;1-3-22(33)15-32-24-9-6-18(10-23(24)26(27,28)29)11-25(34)21-7-4-17(2)20(12-21)8-5-19-13-30-16-31-14-19;1-31-8-10-32(11-9-31)16-20-4-2-18(12-22(20)25(26,27)28)13-23(33)24-7-6-21(34-24)5-3-19-14-29-17-30-15-19/h4-5,7,9,12,14-16,19,26H,10-11,13,17-18H2,1-3H3;3-4,6,8,11,13-15,18-19H,9-10,12,16-17H2,1-2H3;4,6-7,9-10,12-14,16,32H,3,11,15H2,1-2H3;2,4,6-7,12,14-15,17H,8-11,13,16H2,1H3/t26-;19-;;/m00../s1. The maximum absolute atomic E-state index is 14.0. The Kier molecular flexibility index (Phi) is 35.9. The summed E-state index contributed by atoms with van der Waals surface area (Å²) in [4.78, 5) is 105. The maximum atomic E-state index is 14.0. The van der Waals surface area contributed by atoms with E-state index in [-0.39, 0.29) is 126 Å². The number of furan rings is 1. The van der Waals surface area contributed by atoms with Gasteiger partial charge in [-0.25, -0.2) is 39.9 Å². The van der Waals surface area contributed by atoms with Gasteiger partial charge in [0.15, 0.2) is 34.7 Å². The first-order valence-electron chi connectivity index (χ1n) is 44.9. The third kappa shape index (κ3) is 31.0. The molecule has 7 aromatic carbocycles. The molecule has 12 aromatic rings. The van der Waals surface area contributed by atoms with Crippen molar-refractivity contribution in [3.63, 3.8) is 0 Å². The Morgan fingerprint density at radius 3 is 1.11 bits per heavy atom. The van der Waals surface area contributed by atoms with Crippen molar-refractivity contribution >= 4 is 34.6 Å². The number of rotatable bonds is 23. The SMILES string of the molecule is CCC(=O)CNc1ccc(CC(=O)c2ccc(C)c(C#Cc3cncnc3)c2)cc1C(F)(F)F.CN1CCN(Cc2ccc(CC(=O)c3ccc(C#Cc4cncnc4)o3)cc2C(F)(F)F)CC1.Cc1ccc(C(=O)Cc2ccc(CN3CC[C@H](C)C3)c(C(F)(F)F)c2)cc1C#Cc1cncnc1.Cc1ccc(C(=O)Cc2ccc(CN3CC[C@H](N(C)C)C3)c(C(F)(F)F)c2)cc1C#Cc1cncnc1. The summed E-state index contributed by atoms with van der Waals surface area (Å²) in [5.74, 6) is 22.8. The topological polar surface area (TPSA) is 230 Å². The van der Waals surface area contributed by atoms with Crippen molar-refractivity contribution in [3.8, 4) is 47.4 Å². The largest absolute Gasteiger partial charge is 0.445 e. The van der Waals surface area contributed by atoms with Crippen molar-refractivity contribution in [3.05, 3.63) is 359 Å². The number of anilines is 1. The van der Waals surface area contributed by atoms with Gasteiger partial charge in [-0.15, -0.1) is 0 Å². The van der Waals surface area contributed by atoms with Gasteiger partial charge < -0.3 is 19.5 Å². The summed E-state index contributed by atoms with van der Waals surface area (Å²) in [6, 6.07) is 35.0. The van der Waals surface area contributed by atoms with Crippen LogP contribution >= 0.6 is 0 Å². The van der Waals surface area contributed by atoms with E-state index in [4.69, 9.17) is 4.42 Å². The molecule has 8 heterocycles. The van der Waals surface area contributed by atoms with Crippen molar-refractivity contribution in [2.45, 2.75) is 130 Å². The van der Waals surface area contributed by atoms with E-state index in [9.17, 15) is 76.7 Å². The molecule has 3 aliphatic heterocycles. The van der Waals surface area contributed by atoms with Gasteiger partial charge in [0.25, 0.3) is 0 Å². The van der Waals surface area contributed by atoms with Crippen LogP contribution in [0.2, 0.25) is 0 Å². The summed E-state index contributed by atoms with van der Waals surface area (Å²) in [5, 5.41) is 2.55. The van der Waals surface area contributed by atoms with E-state index in [1.165, 1.54) is 61.7 Å². The average molecular weight is 1920 g/mol. The van der Waals surface area contributed by atoms with Crippen LogP contribution in [-0.4, -0.2) is 179 Å².